The number of benzene rings is 1. The number of likely N-dealkylation sites (N-methyl/N-ethyl adjacent to an activating group) is 1. The van der Waals surface area contributed by atoms with Crippen molar-refractivity contribution in [3.05, 3.63) is 29.8 Å². The van der Waals surface area contributed by atoms with Crippen LogP contribution in [0.3, 0.4) is 0 Å². The Bertz CT molecular complexity index is 461. The van der Waals surface area contributed by atoms with E-state index in [0.29, 0.717) is 19.8 Å². The third-order valence-corrected chi connectivity index (χ3v) is 3.85. The Labute approximate surface area is 139 Å². The van der Waals surface area contributed by atoms with E-state index in [1.165, 1.54) is 5.56 Å². The first-order valence-corrected chi connectivity index (χ1v) is 8.08. The topological polar surface area (TPSA) is 48.0 Å². The molecule has 0 aliphatic heterocycles. The second kappa shape index (κ2) is 10.2. The van der Waals surface area contributed by atoms with Crippen LogP contribution in [-0.2, 0) is 20.7 Å². The van der Waals surface area contributed by atoms with Crippen LogP contribution in [0.2, 0.25) is 0 Å². The molecule has 0 aliphatic carbocycles. The van der Waals surface area contributed by atoms with Gasteiger partial charge >= 0.3 is 0 Å². The summed E-state index contributed by atoms with van der Waals surface area (Å²) >= 11 is 0. The van der Waals surface area contributed by atoms with Crippen LogP contribution in [0, 0.1) is 0 Å². The zero-order valence-electron chi connectivity index (χ0n) is 14.9. The Balaban J connectivity index is 2.46. The highest BCUT2D eigenvalue weighted by atomic mass is 16.5. The Kier molecular flexibility index (Phi) is 8.66. The van der Waals surface area contributed by atoms with Crippen molar-refractivity contribution in [3.8, 4) is 5.75 Å². The molecule has 0 radical (unpaired) electrons. The van der Waals surface area contributed by atoms with Crippen LogP contribution in [0.5, 0.6) is 5.75 Å². The van der Waals surface area contributed by atoms with Gasteiger partial charge in [0.2, 0.25) is 0 Å². The summed E-state index contributed by atoms with van der Waals surface area (Å²) in [6, 6.07) is 8.01. The molecule has 130 valence electrons. The number of methoxy groups -OCH3 is 1. The number of hydrogen-bond donors (Lipinski definition) is 0. The number of carbonyl (C=O) groups excluding carboxylic acids is 1. The van der Waals surface area contributed by atoms with Crippen LogP contribution in [0.4, 0.5) is 0 Å². The summed E-state index contributed by atoms with van der Waals surface area (Å²) in [7, 11) is 3.47. The molecule has 1 aromatic carbocycles. The van der Waals surface area contributed by atoms with Gasteiger partial charge in [0.25, 0.3) is 5.91 Å². The average molecular weight is 323 g/mol. The first-order chi connectivity index (χ1) is 11.0. The quantitative estimate of drug-likeness (QED) is 0.621. The van der Waals surface area contributed by atoms with Gasteiger partial charge < -0.3 is 19.1 Å². The van der Waals surface area contributed by atoms with Gasteiger partial charge in [0.1, 0.15) is 11.9 Å². The molecular weight excluding hydrogens is 294 g/mol. The standard InChI is InChI=1S/C18H29NO4/c1-6-22-11-12-23-15(3)18(20)19(4)14(2)13-16-7-9-17(21-5)10-8-16/h7-10,14-15H,6,11-13H2,1-5H3/t14-,15-/m1/s1. The molecule has 0 N–H and O–H groups in total. The minimum absolute atomic E-state index is 0.0116. The van der Waals surface area contributed by atoms with Crippen molar-refractivity contribution in [3.63, 3.8) is 0 Å². The maximum atomic E-state index is 12.4. The van der Waals surface area contributed by atoms with Crippen LogP contribution in [0.15, 0.2) is 24.3 Å². The molecule has 1 amide bonds. The molecule has 2 atom stereocenters. The maximum absolute atomic E-state index is 12.4. The van der Waals surface area contributed by atoms with Crippen LogP contribution >= 0.6 is 0 Å². The van der Waals surface area contributed by atoms with Crippen LogP contribution in [-0.4, -0.2) is 56.9 Å². The zero-order valence-corrected chi connectivity index (χ0v) is 14.9. The van der Waals surface area contributed by atoms with Crippen molar-refractivity contribution >= 4 is 5.91 Å². The van der Waals surface area contributed by atoms with Gasteiger partial charge in [-0.2, -0.15) is 0 Å². The van der Waals surface area contributed by atoms with Crippen molar-refractivity contribution in [2.75, 3.05) is 34.0 Å². The molecule has 0 bridgehead atoms. The molecule has 1 aromatic rings. The average Bonchev–Trinajstić information content (AvgIpc) is 2.57. The number of ether oxygens (including phenoxy) is 3. The molecule has 23 heavy (non-hydrogen) atoms. The second-order valence-electron chi connectivity index (χ2n) is 5.56. The van der Waals surface area contributed by atoms with E-state index >= 15 is 0 Å². The van der Waals surface area contributed by atoms with Crippen LogP contribution in [0.25, 0.3) is 0 Å². The normalized spacial score (nSPS) is 13.4. The molecule has 0 saturated carbocycles. The van der Waals surface area contributed by atoms with Crippen LogP contribution in [0.1, 0.15) is 26.3 Å². The fraction of sp³-hybridized carbons (Fsp3) is 0.611. The van der Waals surface area contributed by atoms with E-state index in [0.717, 1.165) is 12.2 Å². The predicted molar refractivity (Wildman–Crippen MR) is 90.8 cm³/mol. The first-order valence-electron chi connectivity index (χ1n) is 8.08. The Morgan fingerprint density at radius 1 is 1.17 bits per heavy atom. The van der Waals surface area contributed by atoms with Crippen molar-refractivity contribution in [2.45, 2.75) is 39.3 Å². The van der Waals surface area contributed by atoms with E-state index in [1.807, 2.05) is 45.2 Å². The highest BCUT2D eigenvalue weighted by Crippen LogP contribution is 2.14. The monoisotopic (exact) mass is 323 g/mol. The Morgan fingerprint density at radius 3 is 2.39 bits per heavy atom. The fourth-order valence-electron chi connectivity index (χ4n) is 2.24. The van der Waals surface area contributed by atoms with Gasteiger partial charge in [-0.15, -0.1) is 0 Å². The molecule has 0 spiro atoms. The van der Waals surface area contributed by atoms with Gasteiger partial charge in [0.05, 0.1) is 20.3 Å². The number of amides is 1. The summed E-state index contributed by atoms with van der Waals surface area (Å²) < 4.78 is 15.9. The smallest absolute Gasteiger partial charge is 0.251 e. The predicted octanol–water partition coefficient (Wildman–Crippen LogP) is 2.53. The number of nitrogens with zero attached hydrogens (tertiary/aromatic N) is 1. The maximum Gasteiger partial charge on any atom is 0.251 e. The van der Waals surface area contributed by atoms with Crippen molar-refractivity contribution in [2.24, 2.45) is 0 Å². The molecule has 5 heteroatoms. The van der Waals surface area contributed by atoms with E-state index in [1.54, 1.807) is 18.9 Å². The third-order valence-electron chi connectivity index (χ3n) is 3.85. The first kappa shape index (κ1) is 19.5. The Morgan fingerprint density at radius 2 is 1.83 bits per heavy atom. The molecule has 0 saturated heterocycles. The number of carbonyl (C=O) groups is 1. The molecular formula is C18H29NO4. The summed E-state index contributed by atoms with van der Waals surface area (Å²) in [5.41, 5.74) is 1.17. The largest absolute Gasteiger partial charge is 0.497 e. The number of rotatable bonds is 10. The molecule has 0 heterocycles. The fourth-order valence-corrected chi connectivity index (χ4v) is 2.24. The van der Waals surface area contributed by atoms with E-state index in [2.05, 4.69) is 0 Å². The van der Waals surface area contributed by atoms with E-state index < -0.39 is 6.10 Å². The lowest BCUT2D eigenvalue weighted by Gasteiger charge is -2.28. The van der Waals surface area contributed by atoms with Crippen LogP contribution < -0.4 is 4.74 Å². The lowest BCUT2D eigenvalue weighted by Crippen LogP contribution is -2.42. The van der Waals surface area contributed by atoms with E-state index in [-0.39, 0.29) is 11.9 Å². The highest BCUT2D eigenvalue weighted by Gasteiger charge is 2.22. The summed E-state index contributed by atoms with van der Waals surface area (Å²) in [5.74, 6) is 0.824. The van der Waals surface area contributed by atoms with Gasteiger partial charge in [0.15, 0.2) is 0 Å². The minimum Gasteiger partial charge on any atom is -0.497 e. The van der Waals surface area contributed by atoms with Gasteiger partial charge in [-0.1, -0.05) is 12.1 Å². The zero-order chi connectivity index (χ0) is 17.2. The number of hydrogen-bond acceptors (Lipinski definition) is 4. The minimum atomic E-state index is -0.459. The highest BCUT2D eigenvalue weighted by molar-refractivity contribution is 5.80. The van der Waals surface area contributed by atoms with Gasteiger partial charge in [0, 0.05) is 19.7 Å². The lowest BCUT2D eigenvalue weighted by atomic mass is 10.1. The van der Waals surface area contributed by atoms with Gasteiger partial charge in [-0.05, 0) is 44.9 Å². The summed E-state index contributed by atoms with van der Waals surface area (Å²) in [5, 5.41) is 0. The Hall–Kier alpha value is -1.59. The van der Waals surface area contributed by atoms with E-state index in [4.69, 9.17) is 14.2 Å². The van der Waals surface area contributed by atoms with Crippen molar-refractivity contribution in [1.82, 2.24) is 4.90 Å². The van der Waals surface area contributed by atoms with E-state index in [9.17, 15) is 4.79 Å². The summed E-state index contributed by atoms with van der Waals surface area (Å²) in [6.07, 6.45) is 0.330. The molecule has 0 aliphatic rings. The molecule has 5 nitrogen and oxygen atoms in total. The molecule has 0 aromatic heterocycles. The van der Waals surface area contributed by atoms with Crippen molar-refractivity contribution < 1.29 is 19.0 Å². The molecule has 0 fully saturated rings. The lowest BCUT2D eigenvalue weighted by molar-refractivity contribution is -0.144. The molecule has 1 rings (SSSR count). The summed E-state index contributed by atoms with van der Waals surface area (Å²) in [6.45, 7) is 7.36. The van der Waals surface area contributed by atoms with Gasteiger partial charge in [-0.25, -0.2) is 0 Å². The SMILES string of the molecule is CCOCCO[C@H](C)C(=O)N(C)[C@H](C)Cc1ccc(OC)cc1. The van der Waals surface area contributed by atoms with Crippen molar-refractivity contribution in [1.29, 1.82) is 0 Å². The molecule has 0 unspecified atom stereocenters. The second-order valence-corrected chi connectivity index (χ2v) is 5.56. The van der Waals surface area contributed by atoms with Gasteiger partial charge in [-0.3, -0.25) is 4.79 Å². The summed E-state index contributed by atoms with van der Waals surface area (Å²) in [4.78, 5) is 14.1. The third kappa shape index (κ3) is 6.59.